The molecule has 0 saturated heterocycles. The van der Waals surface area contributed by atoms with Gasteiger partial charge in [0.05, 0.1) is 9.72 Å². The lowest BCUT2D eigenvalue weighted by Gasteiger charge is -2.06. The van der Waals surface area contributed by atoms with Gasteiger partial charge in [0.15, 0.2) is 0 Å². The lowest BCUT2D eigenvalue weighted by atomic mass is 10.2. The molecule has 4 nitrogen and oxygen atoms in total. The molecule has 0 bridgehead atoms. The van der Waals surface area contributed by atoms with Gasteiger partial charge in [0.25, 0.3) is 0 Å². The van der Waals surface area contributed by atoms with Gasteiger partial charge < -0.3 is 10.6 Å². The van der Waals surface area contributed by atoms with Gasteiger partial charge in [-0.3, -0.25) is 0 Å². The van der Waals surface area contributed by atoms with Crippen LogP contribution in [0.15, 0.2) is 42.6 Å². The second-order valence-electron chi connectivity index (χ2n) is 4.60. The lowest BCUT2D eigenvalue weighted by molar-refractivity contribution is 0.902. The molecule has 0 aliphatic carbocycles. The fraction of sp³-hybridized carbons (Fsp3) is 0.200. The van der Waals surface area contributed by atoms with E-state index in [9.17, 15) is 0 Å². The number of hydrogen-bond donors (Lipinski definition) is 2. The number of fused-ring (bicyclic) bond motifs is 1. The molecule has 0 saturated carbocycles. The highest BCUT2D eigenvalue weighted by atomic mass is 35.5. The largest absolute Gasteiger partial charge is 0.370 e. The summed E-state index contributed by atoms with van der Waals surface area (Å²) in [5, 5.41) is 8.48. The van der Waals surface area contributed by atoms with Crippen LogP contribution in [-0.2, 0) is 0 Å². The molecule has 0 spiro atoms. The second-order valence-corrected chi connectivity index (χ2v) is 5.84. The molecule has 3 aromatic rings. The number of benzene rings is 1. The van der Waals surface area contributed by atoms with E-state index in [0.29, 0.717) is 5.02 Å². The Morgan fingerprint density at radius 1 is 1.05 bits per heavy atom. The van der Waals surface area contributed by atoms with Gasteiger partial charge in [0, 0.05) is 24.7 Å². The van der Waals surface area contributed by atoms with Crippen LogP contribution < -0.4 is 10.6 Å². The smallest absolute Gasteiger partial charge is 0.147 e. The van der Waals surface area contributed by atoms with Gasteiger partial charge in [-0.05, 0) is 42.2 Å². The Labute approximate surface area is 132 Å². The third kappa shape index (κ3) is 3.62. The van der Waals surface area contributed by atoms with Crippen LogP contribution >= 0.6 is 23.1 Å². The van der Waals surface area contributed by atoms with Crippen molar-refractivity contribution in [3.05, 3.63) is 47.6 Å². The highest BCUT2D eigenvalue weighted by Crippen LogP contribution is 2.25. The van der Waals surface area contributed by atoms with Gasteiger partial charge >= 0.3 is 0 Å². The summed E-state index contributed by atoms with van der Waals surface area (Å²) in [6.45, 7) is 1.72. The summed E-state index contributed by atoms with van der Waals surface area (Å²) in [6.07, 6.45) is 2.62. The van der Waals surface area contributed by atoms with E-state index < -0.39 is 0 Å². The molecule has 0 amide bonds. The SMILES string of the molecule is Clc1ccc(NCCCNc2nsc3ccccc23)nc1. The van der Waals surface area contributed by atoms with Crippen molar-refractivity contribution in [2.45, 2.75) is 6.42 Å². The minimum absolute atomic E-state index is 0.651. The van der Waals surface area contributed by atoms with Gasteiger partial charge in [-0.2, -0.15) is 4.37 Å². The first-order valence-corrected chi connectivity index (χ1v) is 7.92. The third-order valence-electron chi connectivity index (χ3n) is 3.06. The summed E-state index contributed by atoms with van der Waals surface area (Å²) in [5.41, 5.74) is 0. The molecule has 21 heavy (non-hydrogen) atoms. The molecule has 0 unspecified atom stereocenters. The number of halogens is 1. The molecule has 108 valence electrons. The van der Waals surface area contributed by atoms with Crippen molar-refractivity contribution in [1.82, 2.24) is 9.36 Å². The fourth-order valence-corrected chi connectivity index (χ4v) is 2.87. The van der Waals surface area contributed by atoms with Crippen molar-refractivity contribution in [3.63, 3.8) is 0 Å². The van der Waals surface area contributed by atoms with E-state index in [1.807, 2.05) is 24.3 Å². The van der Waals surface area contributed by atoms with Crippen LogP contribution in [0.25, 0.3) is 10.1 Å². The van der Waals surface area contributed by atoms with Crippen molar-refractivity contribution in [2.24, 2.45) is 0 Å². The topological polar surface area (TPSA) is 49.8 Å². The number of rotatable bonds is 6. The average Bonchev–Trinajstić information content (AvgIpc) is 2.92. The van der Waals surface area contributed by atoms with Gasteiger partial charge in [0.1, 0.15) is 11.6 Å². The zero-order valence-corrected chi connectivity index (χ0v) is 12.9. The van der Waals surface area contributed by atoms with Gasteiger partial charge in [-0.15, -0.1) is 0 Å². The normalized spacial score (nSPS) is 10.7. The van der Waals surface area contributed by atoms with Crippen LogP contribution in [0.4, 0.5) is 11.6 Å². The number of aromatic nitrogens is 2. The number of anilines is 2. The predicted octanol–water partition coefficient (Wildman–Crippen LogP) is 4.26. The number of pyridine rings is 1. The Hall–Kier alpha value is -1.85. The van der Waals surface area contributed by atoms with Gasteiger partial charge in [-0.25, -0.2) is 4.98 Å². The lowest BCUT2D eigenvalue weighted by Crippen LogP contribution is -2.10. The quantitative estimate of drug-likeness (QED) is 0.667. The molecular weight excluding hydrogens is 304 g/mol. The summed E-state index contributed by atoms with van der Waals surface area (Å²) in [5.74, 6) is 1.82. The number of nitrogens with one attached hydrogen (secondary N) is 2. The summed E-state index contributed by atoms with van der Waals surface area (Å²) in [7, 11) is 0. The van der Waals surface area contributed by atoms with Crippen LogP contribution in [0.1, 0.15) is 6.42 Å². The van der Waals surface area contributed by atoms with Crippen LogP contribution in [-0.4, -0.2) is 22.4 Å². The monoisotopic (exact) mass is 318 g/mol. The highest BCUT2D eigenvalue weighted by molar-refractivity contribution is 7.13. The molecule has 1 aromatic carbocycles. The van der Waals surface area contributed by atoms with Crippen molar-refractivity contribution < 1.29 is 0 Å². The molecule has 0 fully saturated rings. The minimum Gasteiger partial charge on any atom is -0.370 e. The van der Waals surface area contributed by atoms with E-state index in [1.165, 1.54) is 21.6 Å². The first-order chi connectivity index (χ1) is 10.3. The summed E-state index contributed by atoms with van der Waals surface area (Å²) in [6, 6.07) is 12.0. The van der Waals surface area contributed by atoms with Crippen LogP contribution in [0.3, 0.4) is 0 Å². The molecule has 3 rings (SSSR count). The predicted molar refractivity (Wildman–Crippen MR) is 90.5 cm³/mol. The van der Waals surface area contributed by atoms with E-state index in [2.05, 4.69) is 32.1 Å². The van der Waals surface area contributed by atoms with E-state index in [0.717, 1.165) is 31.1 Å². The Kier molecular flexibility index (Phi) is 4.52. The maximum absolute atomic E-state index is 5.79. The number of hydrogen-bond acceptors (Lipinski definition) is 5. The zero-order chi connectivity index (χ0) is 14.5. The molecule has 0 aliphatic rings. The molecule has 0 radical (unpaired) electrons. The molecule has 6 heteroatoms. The Bertz CT molecular complexity index is 711. The van der Waals surface area contributed by atoms with E-state index in [4.69, 9.17) is 11.6 Å². The maximum atomic E-state index is 5.79. The Morgan fingerprint density at radius 2 is 1.90 bits per heavy atom. The number of nitrogens with zero attached hydrogens (tertiary/aromatic N) is 2. The molecular formula is C15H15ClN4S. The fourth-order valence-electron chi connectivity index (χ4n) is 2.01. The van der Waals surface area contributed by atoms with E-state index >= 15 is 0 Å². The second kappa shape index (κ2) is 6.74. The summed E-state index contributed by atoms with van der Waals surface area (Å²) in [4.78, 5) is 4.19. The summed E-state index contributed by atoms with van der Waals surface area (Å²) >= 11 is 7.32. The molecule has 0 aliphatic heterocycles. The zero-order valence-electron chi connectivity index (χ0n) is 11.3. The molecule has 2 heterocycles. The van der Waals surface area contributed by atoms with Crippen molar-refractivity contribution in [2.75, 3.05) is 23.7 Å². The van der Waals surface area contributed by atoms with Crippen molar-refractivity contribution in [3.8, 4) is 0 Å². The first-order valence-electron chi connectivity index (χ1n) is 6.76. The van der Waals surface area contributed by atoms with Crippen molar-refractivity contribution >= 4 is 44.9 Å². The van der Waals surface area contributed by atoms with Gasteiger partial charge in [-0.1, -0.05) is 23.7 Å². The molecule has 2 N–H and O–H groups in total. The van der Waals surface area contributed by atoms with Crippen molar-refractivity contribution in [1.29, 1.82) is 0 Å². The molecule has 2 aromatic heterocycles. The first kappa shape index (κ1) is 14.1. The van der Waals surface area contributed by atoms with Gasteiger partial charge in [0.2, 0.25) is 0 Å². The van der Waals surface area contributed by atoms with Crippen LogP contribution in [0, 0.1) is 0 Å². The third-order valence-corrected chi connectivity index (χ3v) is 4.11. The van der Waals surface area contributed by atoms with Crippen LogP contribution in [0.2, 0.25) is 5.02 Å². The van der Waals surface area contributed by atoms with E-state index in [1.54, 1.807) is 6.20 Å². The van der Waals surface area contributed by atoms with E-state index in [-0.39, 0.29) is 0 Å². The van der Waals surface area contributed by atoms with Crippen LogP contribution in [0.5, 0.6) is 0 Å². The Balaban J connectivity index is 1.45. The maximum Gasteiger partial charge on any atom is 0.147 e. The average molecular weight is 319 g/mol. The Morgan fingerprint density at radius 3 is 2.76 bits per heavy atom. The highest BCUT2D eigenvalue weighted by Gasteiger charge is 2.03. The minimum atomic E-state index is 0.651. The molecule has 0 atom stereocenters. The standard InChI is InChI=1S/C15H15ClN4S/c16-11-6-7-14(19-10-11)17-8-3-9-18-15-12-4-1-2-5-13(12)21-20-15/h1-2,4-7,10H,3,8-9H2,(H,17,19)(H,18,20). The summed E-state index contributed by atoms with van der Waals surface area (Å²) < 4.78 is 5.66.